The Morgan fingerprint density at radius 1 is 1.03 bits per heavy atom. The van der Waals surface area contributed by atoms with Crippen LogP contribution in [0.1, 0.15) is 44.2 Å². The molecule has 2 aromatic rings. The van der Waals surface area contributed by atoms with E-state index in [1.807, 2.05) is 24.3 Å². The number of carbonyl (C=O) groups is 2. The minimum Gasteiger partial charge on any atom is -0.480 e. The van der Waals surface area contributed by atoms with Gasteiger partial charge in [0.05, 0.1) is 0 Å². The molecule has 0 heterocycles. The van der Waals surface area contributed by atoms with Gasteiger partial charge in [0.1, 0.15) is 12.6 Å². The van der Waals surface area contributed by atoms with E-state index < -0.39 is 26.4 Å². The Morgan fingerprint density at radius 3 is 2.03 bits per heavy atom. The Bertz CT molecular complexity index is 968. The van der Waals surface area contributed by atoms with Crippen LogP contribution in [-0.2, 0) is 14.0 Å². The molecule has 1 aliphatic carbocycles. The molecule has 0 saturated heterocycles. The molecule has 33 heavy (non-hydrogen) atoms. The largest absolute Gasteiger partial charge is 0.480 e. The average molecular weight is 470 g/mol. The van der Waals surface area contributed by atoms with E-state index in [0.29, 0.717) is 0 Å². The first-order valence-corrected chi connectivity index (χ1v) is 14.3. The molecular formula is C26H35NO5Si. The highest BCUT2D eigenvalue weighted by molar-refractivity contribution is 6.74. The second-order valence-electron chi connectivity index (χ2n) is 10.2. The molecule has 7 heteroatoms. The van der Waals surface area contributed by atoms with Crippen LogP contribution in [0.4, 0.5) is 4.79 Å². The molecule has 3 rings (SSSR count). The van der Waals surface area contributed by atoms with Gasteiger partial charge >= 0.3 is 12.1 Å². The summed E-state index contributed by atoms with van der Waals surface area (Å²) < 4.78 is 11.7. The van der Waals surface area contributed by atoms with E-state index in [9.17, 15) is 14.7 Å². The summed E-state index contributed by atoms with van der Waals surface area (Å²) in [6.45, 7) is 11.1. The summed E-state index contributed by atoms with van der Waals surface area (Å²) in [6.07, 6.45) is -0.431. The number of fused-ring (bicyclic) bond motifs is 3. The maximum absolute atomic E-state index is 12.8. The molecule has 178 valence electrons. The average Bonchev–Trinajstić information content (AvgIpc) is 3.07. The lowest BCUT2D eigenvalue weighted by atomic mass is 9.98. The summed E-state index contributed by atoms with van der Waals surface area (Å²) in [5.41, 5.74) is 4.53. The van der Waals surface area contributed by atoms with Gasteiger partial charge in [0.15, 0.2) is 8.32 Å². The van der Waals surface area contributed by atoms with Crippen LogP contribution in [0.3, 0.4) is 0 Å². The Labute approximate surface area is 197 Å². The molecule has 6 nitrogen and oxygen atoms in total. The molecule has 1 aliphatic rings. The van der Waals surface area contributed by atoms with Crippen molar-refractivity contribution in [2.75, 3.05) is 20.3 Å². The van der Waals surface area contributed by atoms with E-state index in [2.05, 4.69) is 58.1 Å². The predicted molar refractivity (Wildman–Crippen MR) is 132 cm³/mol. The molecule has 1 amide bonds. The fourth-order valence-electron chi connectivity index (χ4n) is 3.95. The van der Waals surface area contributed by atoms with Crippen LogP contribution in [0.2, 0.25) is 18.1 Å². The van der Waals surface area contributed by atoms with Crippen molar-refractivity contribution >= 4 is 20.4 Å². The molecule has 0 bridgehead atoms. The number of aliphatic carboxylic acids is 1. The molecule has 0 aromatic heterocycles. The van der Waals surface area contributed by atoms with Crippen molar-refractivity contribution in [2.24, 2.45) is 0 Å². The molecular weight excluding hydrogens is 434 g/mol. The number of rotatable bonds is 8. The number of nitrogens with zero attached hydrogens (tertiary/aromatic N) is 1. The number of hydrogen-bond acceptors (Lipinski definition) is 4. The molecule has 0 spiro atoms. The maximum Gasteiger partial charge on any atom is 0.410 e. The second-order valence-corrected chi connectivity index (χ2v) is 15.0. The number of carboxylic acid groups (broad SMARTS) is 1. The third kappa shape index (κ3) is 5.30. The van der Waals surface area contributed by atoms with Crippen molar-refractivity contribution < 1.29 is 23.9 Å². The lowest BCUT2D eigenvalue weighted by Crippen LogP contribution is -2.45. The van der Waals surface area contributed by atoms with E-state index in [-0.39, 0.29) is 30.6 Å². The summed E-state index contributed by atoms with van der Waals surface area (Å²) in [5, 5.41) is 9.76. The van der Waals surface area contributed by atoms with E-state index in [1.54, 1.807) is 0 Å². The van der Waals surface area contributed by atoms with Crippen molar-refractivity contribution in [3.05, 3.63) is 59.7 Å². The zero-order valence-corrected chi connectivity index (χ0v) is 21.4. The monoisotopic (exact) mass is 469 g/mol. The number of hydrogen-bond donors (Lipinski definition) is 1. The van der Waals surface area contributed by atoms with Crippen LogP contribution in [-0.4, -0.2) is 56.7 Å². The number of amides is 1. The summed E-state index contributed by atoms with van der Waals surface area (Å²) in [4.78, 5) is 25.9. The highest BCUT2D eigenvalue weighted by Crippen LogP contribution is 2.44. The summed E-state index contributed by atoms with van der Waals surface area (Å²) in [5.74, 6) is -1.13. The number of carbonyl (C=O) groups excluding carboxylic acids is 1. The molecule has 0 radical (unpaired) electrons. The number of carboxylic acids is 1. The molecule has 2 aromatic carbocycles. The number of ether oxygens (including phenoxy) is 1. The second kappa shape index (κ2) is 9.69. The van der Waals surface area contributed by atoms with Crippen LogP contribution < -0.4 is 0 Å². The van der Waals surface area contributed by atoms with Crippen molar-refractivity contribution in [3.63, 3.8) is 0 Å². The van der Waals surface area contributed by atoms with Crippen molar-refractivity contribution in [2.45, 2.75) is 57.3 Å². The normalized spacial score (nSPS) is 14.4. The van der Waals surface area contributed by atoms with E-state index >= 15 is 0 Å². The minimum absolute atomic E-state index is 0.0322. The molecule has 1 atom stereocenters. The standard InChI is InChI=1S/C26H35NO5Si/c1-26(2,3)33(5,6)32-16-15-23(24(28)29)27(4)25(30)31-17-22-20-13-9-7-11-18(20)19-12-8-10-14-21(19)22/h7-14,22-23H,15-17H2,1-6H3,(H,28,29)/t23-/m0/s1. The summed E-state index contributed by atoms with van der Waals surface area (Å²) >= 11 is 0. The van der Waals surface area contributed by atoms with Gasteiger partial charge in [-0.05, 0) is 40.4 Å². The van der Waals surface area contributed by atoms with Gasteiger partial charge in [0.25, 0.3) is 0 Å². The van der Waals surface area contributed by atoms with Gasteiger partial charge < -0.3 is 14.3 Å². The first kappa shape index (κ1) is 25.0. The number of likely N-dealkylation sites (N-methyl/N-ethyl adjacent to an activating group) is 1. The van der Waals surface area contributed by atoms with E-state index in [4.69, 9.17) is 9.16 Å². The van der Waals surface area contributed by atoms with E-state index in [1.165, 1.54) is 11.9 Å². The van der Waals surface area contributed by atoms with Gasteiger partial charge in [-0.2, -0.15) is 0 Å². The van der Waals surface area contributed by atoms with Crippen LogP contribution in [0, 0.1) is 0 Å². The third-order valence-corrected chi connectivity index (χ3v) is 11.6. The van der Waals surface area contributed by atoms with Gasteiger partial charge in [-0.1, -0.05) is 69.3 Å². The van der Waals surface area contributed by atoms with Gasteiger partial charge in [0.2, 0.25) is 0 Å². The van der Waals surface area contributed by atoms with Gasteiger partial charge in [-0.15, -0.1) is 0 Å². The topological polar surface area (TPSA) is 76.1 Å². The van der Waals surface area contributed by atoms with Crippen molar-refractivity contribution in [3.8, 4) is 11.1 Å². The fourth-order valence-corrected chi connectivity index (χ4v) is 5.01. The molecule has 1 N–H and O–H groups in total. The highest BCUT2D eigenvalue weighted by Gasteiger charge is 2.38. The van der Waals surface area contributed by atoms with Gasteiger partial charge in [0, 0.05) is 26.0 Å². The van der Waals surface area contributed by atoms with Gasteiger partial charge in [-0.25, -0.2) is 9.59 Å². The van der Waals surface area contributed by atoms with E-state index in [0.717, 1.165) is 22.3 Å². The SMILES string of the molecule is CN(C(=O)OCC1c2ccccc2-c2ccccc21)[C@@H](CCO[Si](C)(C)C(C)(C)C)C(=O)O. The lowest BCUT2D eigenvalue weighted by molar-refractivity contribution is -0.142. The lowest BCUT2D eigenvalue weighted by Gasteiger charge is -2.36. The summed E-state index contributed by atoms with van der Waals surface area (Å²) in [6, 6.07) is 15.2. The fraction of sp³-hybridized carbons (Fsp3) is 0.462. The van der Waals surface area contributed by atoms with Gasteiger partial charge in [-0.3, -0.25) is 4.90 Å². The Hall–Kier alpha value is -2.64. The van der Waals surface area contributed by atoms with Crippen molar-refractivity contribution in [1.82, 2.24) is 4.90 Å². The van der Waals surface area contributed by atoms with Crippen LogP contribution in [0.15, 0.2) is 48.5 Å². The first-order valence-electron chi connectivity index (χ1n) is 11.4. The van der Waals surface area contributed by atoms with Crippen LogP contribution >= 0.6 is 0 Å². The van der Waals surface area contributed by atoms with Crippen LogP contribution in [0.25, 0.3) is 11.1 Å². The predicted octanol–water partition coefficient (Wildman–Crippen LogP) is 5.73. The van der Waals surface area contributed by atoms with Crippen LogP contribution in [0.5, 0.6) is 0 Å². The Kier molecular flexibility index (Phi) is 7.34. The smallest absolute Gasteiger partial charge is 0.410 e. The molecule has 0 unspecified atom stereocenters. The zero-order valence-electron chi connectivity index (χ0n) is 20.4. The quantitative estimate of drug-likeness (QED) is 0.500. The summed E-state index contributed by atoms with van der Waals surface area (Å²) in [7, 11) is -0.520. The molecule has 0 aliphatic heterocycles. The zero-order chi connectivity index (χ0) is 24.4. The molecule has 0 saturated carbocycles. The third-order valence-electron chi connectivity index (χ3n) is 7.04. The Morgan fingerprint density at radius 2 is 1.55 bits per heavy atom. The number of benzene rings is 2. The highest BCUT2D eigenvalue weighted by atomic mass is 28.4. The Balaban J connectivity index is 1.64. The van der Waals surface area contributed by atoms with Crippen molar-refractivity contribution in [1.29, 1.82) is 0 Å². The minimum atomic E-state index is -2.00. The molecule has 0 fully saturated rings. The maximum atomic E-state index is 12.8. The first-order chi connectivity index (χ1) is 15.4.